The molecule has 1 aromatic carbocycles. The smallest absolute Gasteiger partial charge is 0.244 e. The van der Waals surface area contributed by atoms with Gasteiger partial charge in [0.2, 0.25) is 5.91 Å². The zero-order valence-corrected chi connectivity index (χ0v) is 12.7. The van der Waals surface area contributed by atoms with Gasteiger partial charge < -0.3 is 10.2 Å². The van der Waals surface area contributed by atoms with Crippen LogP contribution in [0.15, 0.2) is 12.1 Å². The summed E-state index contributed by atoms with van der Waals surface area (Å²) in [5.41, 5.74) is 1.63. The summed E-state index contributed by atoms with van der Waals surface area (Å²) in [4.78, 5) is 14.0. The minimum absolute atomic E-state index is 0.0790. The molecule has 1 atom stereocenters. The summed E-state index contributed by atoms with van der Waals surface area (Å²) in [6.45, 7) is 5.52. The Morgan fingerprint density at radius 1 is 1.37 bits per heavy atom. The molecule has 1 unspecified atom stereocenters. The molecule has 0 aliphatic carbocycles. The minimum Gasteiger partial charge on any atom is -0.309 e. The van der Waals surface area contributed by atoms with E-state index in [0.717, 1.165) is 24.9 Å². The fraction of sp³-hybridized carbons (Fsp3) is 0.500. The first kappa shape index (κ1) is 14.6. The van der Waals surface area contributed by atoms with E-state index in [2.05, 4.69) is 12.2 Å². The molecule has 2 rings (SSSR count). The van der Waals surface area contributed by atoms with E-state index in [1.807, 2.05) is 6.92 Å². The molecule has 1 aliphatic rings. The van der Waals surface area contributed by atoms with Crippen LogP contribution >= 0.6 is 23.2 Å². The highest BCUT2D eigenvalue weighted by atomic mass is 35.5. The molecule has 1 aromatic rings. The zero-order chi connectivity index (χ0) is 14.0. The maximum Gasteiger partial charge on any atom is 0.244 e. The molecule has 1 heterocycles. The molecule has 104 valence electrons. The first-order chi connectivity index (χ1) is 9.04. The van der Waals surface area contributed by atoms with Gasteiger partial charge in [0.15, 0.2) is 0 Å². The molecule has 3 nitrogen and oxygen atoms in total. The van der Waals surface area contributed by atoms with Gasteiger partial charge in [-0.05, 0) is 44.0 Å². The van der Waals surface area contributed by atoms with Crippen LogP contribution in [0.4, 0.5) is 5.69 Å². The Morgan fingerprint density at radius 2 is 2.11 bits per heavy atom. The van der Waals surface area contributed by atoms with Crippen LogP contribution in [0.5, 0.6) is 0 Å². The number of carbonyl (C=O) groups is 1. The van der Waals surface area contributed by atoms with Gasteiger partial charge in [0, 0.05) is 11.6 Å². The predicted octanol–water partition coefficient (Wildman–Crippen LogP) is 3.41. The van der Waals surface area contributed by atoms with E-state index >= 15 is 0 Å². The van der Waals surface area contributed by atoms with Crippen LogP contribution in [0.1, 0.15) is 25.3 Å². The van der Waals surface area contributed by atoms with Crippen LogP contribution in [-0.2, 0) is 4.79 Å². The van der Waals surface area contributed by atoms with Crippen molar-refractivity contribution in [1.82, 2.24) is 5.32 Å². The van der Waals surface area contributed by atoms with Gasteiger partial charge in [0.25, 0.3) is 0 Å². The van der Waals surface area contributed by atoms with Gasteiger partial charge in [-0.2, -0.15) is 0 Å². The van der Waals surface area contributed by atoms with Crippen LogP contribution in [0.25, 0.3) is 0 Å². The molecule has 0 radical (unpaired) electrons. The fourth-order valence-electron chi connectivity index (χ4n) is 2.27. The molecule has 0 spiro atoms. The molecule has 5 heteroatoms. The standard InChI is InChI=1S/C14H18Cl2N2O/c1-3-5-17-12-4-6-18(14(12)19)13-8-10(15)9(2)7-11(13)16/h7-8,12,17H,3-6H2,1-2H3. The van der Waals surface area contributed by atoms with E-state index in [1.165, 1.54) is 0 Å². The quantitative estimate of drug-likeness (QED) is 0.924. The maximum atomic E-state index is 12.3. The summed E-state index contributed by atoms with van der Waals surface area (Å²) in [6.07, 6.45) is 1.82. The van der Waals surface area contributed by atoms with Crippen LogP contribution in [-0.4, -0.2) is 25.0 Å². The molecule has 1 N–H and O–H groups in total. The molecule has 0 bridgehead atoms. The van der Waals surface area contributed by atoms with Gasteiger partial charge in [-0.1, -0.05) is 30.1 Å². The molecular formula is C14H18Cl2N2O. The van der Waals surface area contributed by atoms with Gasteiger partial charge in [-0.3, -0.25) is 4.79 Å². The molecule has 1 saturated heterocycles. The second-order valence-corrected chi connectivity index (χ2v) is 5.65. The summed E-state index contributed by atoms with van der Waals surface area (Å²) < 4.78 is 0. The number of nitrogens with zero attached hydrogens (tertiary/aromatic N) is 1. The Bertz CT molecular complexity index is 491. The molecular weight excluding hydrogens is 283 g/mol. The van der Waals surface area contributed by atoms with Crippen molar-refractivity contribution in [3.63, 3.8) is 0 Å². The number of hydrogen-bond donors (Lipinski definition) is 1. The van der Waals surface area contributed by atoms with Gasteiger partial charge >= 0.3 is 0 Å². The SMILES string of the molecule is CCCNC1CCN(c2cc(Cl)c(C)cc2Cl)C1=O. The number of benzene rings is 1. The minimum atomic E-state index is -0.101. The van der Waals surface area contributed by atoms with E-state index < -0.39 is 0 Å². The molecule has 1 aliphatic heterocycles. The number of aryl methyl sites for hydroxylation is 1. The fourth-order valence-corrected chi connectivity index (χ4v) is 2.75. The van der Waals surface area contributed by atoms with Crippen molar-refractivity contribution < 1.29 is 4.79 Å². The first-order valence-electron chi connectivity index (χ1n) is 6.55. The lowest BCUT2D eigenvalue weighted by Gasteiger charge is -2.19. The number of rotatable bonds is 4. The Balaban J connectivity index is 2.20. The van der Waals surface area contributed by atoms with Crippen molar-refractivity contribution in [3.05, 3.63) is 27.7 Å². The van der Waals surface area contributed by atoms with Gasteiger partial charge in [0.1, 0.15) is 0 Å². The van der Waals surface area contributed by atoms with Crippen molar-refractivity contribution in [2.75, 3.05) is 18.0 Å². The molecule has 0 saturated carbocycles. The maximum absolute atomic E-state index is 12.3. The molecule has 19 heavy (non-hydrogen) atoms. The lowest BCUT2D eigenvalue weighted by atomic mass is 10.2. The summed E-state index contributed by atoms with van der Waals surface area (Å²) in [5, 5.41) is 4.47. The zero-order valence-electron chi connectivity index (χ0n) is 11.2. The Hall–Kier alpha value is -0.770. The Kier molecular flexibility index (Phi) is 4.71. The van der Waals surface area contributed by atoms with Crippen molar-refractivity contribution in [3.8, 4) is 0 Å². The summed E-state index contributed by atoms with van der Waals surface area (Å²) in [6, 6.07) is 3.48. The number of amides is 1. The largest absolute Gasteiger partial charge is 0.309 e. The Labute approximate surface area is 123 Å². The Morgan fingerprint density at radius 3 is 2.79 bits per heavy atom. The number of hydrogen-bond acceptors (Lipinski definition) is 2. The van der Waals surface area contributed by atoms with Crippen molar-refractivity contribution >= 4 is 34.8 Å². The van der Waals surface area contributed by atoms with Crippen LogP contribution in [0.3, 0.4) is 0 Å². The number of carbonyl (C=O) groups excluding carboxylic acids is 1. The number of anilines is 1. The van der Waals surface area contributed by atoms with Gasteiger partial charge in [-0.25, -0.2) is 0 Å². The molecule has 0 aromatic heterocycles. The average molecular weight is 301 g/mol. The van der Waals surface area contributed by atoms with Crippen LogP contribution in [0.2, 0.25) is 10.0 Å². The van der Waals surface area contributed by atoms with E-state index in [1.54, 1.807) is 17.0 Å². The topological polar surface area (TPSA) is 32.3 Å². The lowest BCUT2D eigenvalue weighted by Crippen LogP contribution is -2.38. The predicted molar refractivity (Wildman–Crippen MR) is 80.3 cm³/mol. The highest BCUT2D eigenvalue weighted by Crippen LogP contribution is 2.34. The van der Waals surface area contributed by atoms with Gasteiger partial charge in [0.05, 0.1) is 16.8 Å². The second kappa shape index (κ2) is 6.12. The van der Waals surface area contributed by atoms with Crippen molar-refractivity contribution in [2.24, 2.45) is 0 Å². The number of nitrogens with one attached hydrogen (secondary N) is 1. The van der Waals surface area contributed by atoms with E-state index in [4.69, 9.17) is 23.2 Å². The monoisotopic (exact) mass is 300 g/mol. The second-order valence-electron chi connectivity index (χ2n) is 4.84. The third-order valence-electron chi connectivity index (χ3n) is 3.37. The first-order valence-corrected chi connectivity index (χ1v) is 7.30. The normalized spacial score (nSPS) is 19.3. The summed E-state index contributed by atoms with van der Waals surface area (Å²) in [7, 11) is 0. The average Bonchev–Trinajstić information content (AvgIpc) is 2.73. The highest BCUT2D eigenvalue weighted by molar-refractivity contribution is 6.36. The lowest BCUT2D eigenvalue weighted by molar-refractivity contribution is -0.118. The van der Waals surface area contributed by atoms with Crippen molar-refractivity contribution in [2.45, 2.75) is 32.7 Å². The summed E-state index contributed by atoms with van der Waals surface area (Å²) >= 11 is 12.3. The molecule has 1 fully saturated rings. The van der Waals surface area contributed by atoms with E-state index in [9.17, 15) is 4.79 Å². The van der Waals surface area contributed by atoms with E-state index in [0.29, 0.717) is 22.3 Å². The van der Waals surface area contributed by atoms with Crippen LogP contribution in [0, 0.1) is 6.92 Å². The highest BCUT2D eigenvalue weighted by Gasteiger charge is 2.33. The number of halogens is 2. The third kappa shape index (κ3) is 3.04. The van der Waals surface area contributed by atoms with E-state index in [-0.39, 0.29) is 11.9 Å². The molecule has 1 amide bonds. The van der Waals surface area contributed by atoms with Gasteiger partial charge in [-0.15, -0.1) is 0 Å². The third-order valence-corrected chi connectivity index (χ3v) is 4.08. The van der Waals surface area contributed by atoms with Crippen LogP contribution < -0.4 is 10.2 Å². The van der Waals surface area contributed by atoms with Crippen molar-refractivity contribution in [1.29, 1.82) is 0 Å². The summed E-state index contributed by atoms with van der Waals surface area (Å²) in [5.74, 6) is 0.0790.